The Kier molecular flexibility index (Phi) is 6.50. The Hall–Kier alpha value is -1.09. The van der Waals surface area contributed by atoms with Gasteiger partial charge in [-0.05, 0) is 43.9 Å². The Balaban J connectivity index is 2.04. The molecule has 1 fully saturated rings. The fourth-order valence-electron chi connectivity index (χ4n) is 3.28. The van der Waals surface area contributed by atoms with Gasteiger partial charge in [0.25, 0.3) is 0 Å². The van der Waals surface area contributed by atoms with Crippen molar-refractivity contribution in [1.29, 1.82) is 0 Å². The lowest BCUT2D eigenvalue weighted by Crippen LogP contribution is -2.34. The molecule has 0 bridgehead atoms. The first-order valence-electron chi connectivity index (χ1n) is 8.49. The van der Waals surface area contributed by atoms with E-state index in [2.05, 4.69) is 30.1 Å². The van der Waals surface area contributed by atoms with Crippen molar-refractivity contribution < 1.29 is 4.39 Å². The smallest absolute Gasteiger partial charge is 0.129 e. The summed E-state index contributed by atoms with van der Waals surface area (Å²) in [7, 11) is 0. The Morgan fingerprint density at radius 1 is 1.19 bits per heavy atom. The highest BCUT2D eigenvalue weighted by Gasteiger charge is 2.21. The number of nitrogens with zero attached hydrogens (tertiary/aromatic N) is 1. The predicted octanol–water partition coefficient (Wildman–Crippen LogP) is 4.34. The third-order valence-corrected chi connectivity index (χ3v) is 4.47. The van der Waals surface area contributed by atoms with Gasteiger partial charge in [-0.25, -0.2) is 4.39 Å². The van der Waals surface area contributed by atoms with E-state index in [1.807, 2.05) is 6.07 Å². The zero-order valence-electron chi connectivity index (χ0n) is 13.5. The molecule has 0 atom stereocenters. The highest BCUT2D eigenvalue weighted by atomic mass is 19.1. The molecule has 0 aromatic heterocycles. The van der Waals surface area contributed by atoms with Gasteiger partial charge in [-0.2, -0.15) is 0 Å². The third kappa shape index (κ3) is 4.44. The number of anilines is 1. The van der Waals surface area contributed by atoms with Crippen molar-refractivity contribution in [2.24, 2.45) is 5.92 Å². The average molecular weight is 292 g/mol. The second kappa shape index (κ2) is 8.38. The summed E-state index contributed by atoms with van der Waals surface area (Å²) in [6, 6.07) is 5.49. The molecule has 1 N–H and O–H groups in total. The minimum Gasteiger partial charge on any atom is -0.371 e. The van der Waals surface area contributed by atoms with Gasteiger partial charge in [0, 0.05) is 30.9 Å². The molecule has 1 heterocycles. The summed E-state index contributed by atoms with van der Waals surface area (Å²) >= 11 is 0. The maximum atomic E-state index is 14.2. The van der Waals surface area contributed by atoms with Crippen molar-refractivity contribution in [2.75, 3.05) is 24.5 Å². The third-order valence-electron chi connectivity index (χ3n) is 4.47. The van der Waals surface area contributed by atoms with Crippen LogP contribution in [0.3, 0.4) is 0 Å². The van der Waals surface area contributed by atoms with Gasteiger partial charge in [0.05, 0.1) is 0 Å². The monoisotopic (exact) mass is 292 g/mol. The minimum atomic E-state index is -0.0771. The van der Waals surface area contributed by atoms with Crippen LogP contribution in [0.25, 0.3) is 0 Å². The second-order valence-electron chi connectivity index (χ2n) is 6.13. The lowest BCUT2D eigenvalue weighted by atomic mass is 9.92. The SMILES string of the molecule is CCCNCc1c(F)cccc1N1CCC(CCC)CC1. The summed E-state index contributed by atoms with van der Waals surface area (Å²) in [5, 5.41) is 3.33. The lowest BCUT2D eigenvalue weighted by Gasteiger charge is -2.35. The van der Waals surface area contributed by atoms with E-state index >= 15 is 0 Å². The van der Waals surface area contributed by atoms with Crippen LogP contribution in [0.5, 0.6) is 0 Å². The summed E-state index contributed by atoms with van der Waals surface area (Å²) in [6.07, 6.45) is 6.17. The first kappa shape index (κ1) is 16.3. The summed E-state index contributed by atoms with van der Waals surface area (Å²) < 4.78 is 14.2. The Bertz CT molecular complexity index is 425. The quantitative estimate of drug-likeness (QED) is 0.752. The van der Waals surface area contributed by atoms with E-state index in [0.29, 0.717) is 6.54 Å². The van der Waals surface area contributed by atoms with Crippen molar-refractivity contribution in [3.05, 3.63) is 29.6 Å². The van der Waals surface area contributed by atoms with Crippen LogP contribution in [0.1, 0.15) is 51.5 Å². The maximum absolute atomic E-state index is 14.2. The first-order chi connectivity index (χ1) is 10.3. The van der Waals surface area contributed by atoms with E-state index in [9.17, 15) is 4.39 Å². The number of piperidine rings is 1. The normalized spacial score (nSPS) is 16.4. The van der Waals surface area contributed by atoms with Crippen LogP contribution >= 0.6 is 0 Å². The van der Waals surface area contributed by atoms with Crippen molar-refractivity contribution in [1.82, 2.24) is 5.32 Å². The molecule has 1 aliphatic rings. The van der Waals surface area contributed by atoms with Gasteiger partial charge in [0.2, 0.25) is 0 Å². The number of hydrogen-bond donors (Lipinski definition) is 1. The number of benzene rings is 1. The molecule has 21 heavy (non-hydrogen) atoms. The fraction of sp³-hybridized carbons (Fsp3) is 0.667. The number of halogens is 1. The Morgan fingerprint density at radius 2 is 1.95 bits per heavy atom. The van der Waals surface area contributed by atoms with Crippen LogP contribution in [-0.4, -0.2) is 19.6 Å². The molecule has 0 spiro atoms. The topological polar surface area (TPSA) is 15.3 Å². The van der Waals surface area contributed by atoms with Gasteiger partial charge in [-0.1, -0.05) is 32.8 Å². The molecule has 0 unspecified atom stereocenters. The summed E-state index contributed by atoms with van der Waals surface area (Å²) in [4.78, 5) is 2.37. The van der Waals surface area contributed by atoms with Crippen molar-refractivity contribution >= 4 is 5.69 Å². The van der Waals surface area contributed by atoms with Gasteiger partial charge in [0.15, 0.2) is 0 Å². The Morgan fingerprint density at radius 3 is 2.62 bits per heavy atom. The number of nitrogens with one attached hydrogen (secondary N) is 1. The van der Waals surface area contributed by atoms with E-state index in [0.717, 1.165) is 43.2 Å². The molecule has 0 amide bonds. The number of hydrogen-bond acceptors (Lipinski definition) is 2. The van der Waals surface area contributed by atoms with Crippen molar-refractivity contribution in [3.63, 3.8) is 0 Å². The molecule has 0 radical (unpaired) electrons. The molecule has 3 heteroatoms. The average Bonchev–Trinajstić information content (AvgIpc) is 2.50. The highest BCUT2D eigenvalue weighted by Crippen LogP contribution is 2.29. The Labute approximate surface area is 128 Å². The molecule has 2 rings (SSSR count). The van der Waals surface area contributed by atoms with Gasteiger partial charge < -0.3 is 10.2 Å². The summed E-state index contributed by atoms with van der Waals surface area (Å²) in [5.74, 6) is 0.785. The highest BCUT2D eigenvalue weighted by molar-refractivity contribution is 5.54. The molecule has 1 aromatic rings. The summed E-state index contributed by atoms with van der Waals surface area (Å²) in [5.41, 5.74) is 1.92. The van der Waals surface area contributed by atoms with E-state index in [1.165, 1.54) is 25.7 Å². The molecule has 0 aliphatic carbocycles. The van der Waals surface area contributed by atoms with Gasteiger partial charge >= 0.3 is 0 Å². The fourth-order valence-corrected chi connectivity index (χ4v) is 3.28. The molecule has 2 nitrogen and oxygen atoms in total. The summed E-state index contributed by atoms with van der Waals surface area (Å²) in [6.45, 7) is 8.09. The maximum Gasteiger partial charge on any atom is 0.129 e. The minimum absolute atomic E-state index is 0.0771. The second-order valence-corrected chi connectivity index (χ2v) is 6.13. The van der Waals surface area contributed by atoms with Crippen LogP contribution in [0, 0.1) is 11.7 Å². The van der Waals surface area contributed by atoms with Crippen LogP contribution < -0.4 is 10.2 Å². The molecular weight excluding hydrogens is 263 g/mol. The van der Waals surface area contributed by atoms with Gasteiger partial charge in [-0.3, -0.25) is 0 Å². The van der Waals surface area contributed by atoms with Crippen LogP contribution in [0.15, 0.2) is 18.2 Å². The zero-order chi connectivity index (χ0) is 15.1. The zero-order valence-corrected chi connectivity index (χ0v) is 13.5. The standard InChI is InChI=1S/C18H29FN2/c1-3-6-15-9-12-21(13-10-15)18-8-5-7-17(19)16(18)14-20-11-4-2/h5,7-8,15,20H,3-4,6,9-14H2,1-2H3. The lowest BCUT2D eigenvalue weighted by molar-refractivity contribution is 0.377. The molecule has 1 saturated heterocycles. The van der Waals surface area contributed by atoms with Crippen LogP contribution in [-0.2, 0) is 6.54 Å². The van der Waals surface area contributed by atoms with E-state index < -0.39 is 0 Å². The van der Waals surface area contributed by atoms with Gasteiger partial charge in [0.1, 0.15) is 5.82 Å². The molecule has 1 aromatic carbocycles. The first-order valence-corrected chi connectivity index (χ1v) is 8.49. The van der Waals surface area contributed by atoms with Crippen molar-refractivity contribution in [2.45, 2.75) is 52.5 Å². The molecular formula is C18H29FN2. The molecule has 1 aliphatic heterocycles. The van der Waals surface area contributed by atoms with Crippen LogP contribution in [0.4, 0.5) is 10.1 Å². The predicted molar refractivity (Wildman–Crippen MR) is 88.2 cm³/mol. The molecule has 118 valence electrons. The largest absolute Gasteiger partial charge is 0.371 e. The van der Waals surface area contributed by atoms with Crippen molar-refractivity contribution in [3.8, 4) is 0 Å². The van der Waals surface area contributed by atoms with Gasteiger partial charge in [-0.15, -0.1) is 0 Å². The van der Waals surface area contributed by atoms with E-state index in [4.69, 9.17) is 0 Å². The van der Waals surface area contributed by atoms with E-state index in [1.54, 1.807) is 6.07 Å². The van der Waals surface area contributed by atoms with Crippen LogP contribution in [0.2, 0.25) is 0 Å². The van der Waals surface area contributed by atoms with E-state index in [-0.39, 0.29) is 5.82 Å². The number of rotatable bonds is 7. The molecule has 0 saturated carbocycles.